The van der Waals surface area contributed by atoms with E-state index < -0.39 is 23.7 Å². The van der Waals surface area contributed by atoms with Crippen LogP contribution in [0.1, 0.15) is 26.3 Å². The lowest BCUT2D eigenvalue weighted by molar-refractivity contribution is -0.120. The SMILES string of the molecule is CC(=O)NC[C@H]1CN(c2ccc(-c3ccc(CN4CC(=O)NC4(C)C)cc3)c(F)c2)C(=O)O1. The number of hydrogen-bond donors (Lipinski definition) is 2. The molecule has 2 heterocycles. The largest absolute Gasteiger partial charge is 0.442 e. The third-order valence-electron chi connectivity index (χ3n) is 5.93. The van der Waals surface area contributed by atoms with Crippen LogP contribution in [0.4, 0.5) is 14.9 Å². The Labute approximate surface area is 191 Å². The maximum absolute atomic E-state index is 15.0. The molecule has 174 valence electrons. The average Bonchev–Trinajstić information content (AvgIpc) is 3.24. The maximum atomic E-state index is 15.0. The topological polar surface area (TPSA) is 91.0 Å². The number of cyclic esters (lactones) is 1. The van der Waals surface area contributed by atoms with E-state index in [1.165, 1.54) is 17.9 Å². The Bertz CT molecular complexity index is 1090. The van der Waals surface area contributed by atoms with Crippen molar-refractivity contribution in [1.82, 2.24) is 15.5 Å². The molecule has 2 fully saturated rings. The maximum Gasteiger partial charge on any atom is 0.414 e. The molecule has 0 aromatic heterocycles. The molecule has 2 N–H and O–H groups in total. The van der Waals surface area contributed by atoms with Crippen molar-refractivity contribution in [2.45, 2.75) is 39.1 Å². The van der Waals surface area contributed by atoms with Gasteiger partial charge in [-0.2, -0.15) is 0 Å². The minimum atomic E-state index is -0.570. The Hall–Kier alpha value is -3.46. The van der Waals surface area contributed by atoms with Crippen molar-refractivity contribution in [3.05, 3.63) is 53.8 Å². The molecule has 8 nitrogen and oxygen atoms in total. The molecule has 0 saturated carbocycles. The third-order valence-corrected chi connectivity index (χ3v) is 5.93. The minimum Gasteiger partial charge on any atom is -0.442 e. The number of hydrogen-bond acceptors (Lipinski definition) is 5. The van der Waals surface area contributed by atoms with Gasteiger partial charge < -0.3 is 15.4 Å². The summed E-state index contributed by atoms with van der Waals surface area (Å²) in [7, 11) is 0. The van der Waals surface area contributed by atoms with Gasteiger partial charge in [0.2, 0.25) is 11.8 Å². The molecule has 0 aliphatic carbocycles. The second-order valence-corrected chi connectivity index (χ2v) is 8.88. The predicted octanol–water partition coefficient (Wildman–Crippen LogP) is 2.62. The Morgan fingerprint density at radius 3 is 2.55 bits per heavy atom. The van der Waals surface area contributed by atoms with Crippen molar-refractivity contribution in [3.63, 3.8) is 0 Å². The highest BCUT2D eigenvalue weighted by atomic mass is 19.1. The van der Waals surface area contributed by atoms with Crippen LogP contribution in [0.2, 0.25) is 0 Å². The summed E-state index contributed by atoms with van der Waals surface area (Å²) in [6.07, 6.45) is -1.05. The number of nitrogens with zero attached hydrogens (tertiary/aromatic N) is 2. The zero-order chi connectivity index (χ0) is 23.8. The first-order valence-electron chi connectivity index (χ1n) is 10.8. The molecule has 1 atom stereocenters. The van der Waals surface area contributed by atoms with Gasteiger partial charge in [0.05, 0.1) is 31.0 Å². The number of benzene rings is 2. The van der Waals surface area contributed by atoms with E-state index in [2.05, 4.69) is 10.6 Å². The van der Waals surface area contributed by atoms with Crippen LogP contribution in [-0.4, -0.2) is 54.2 Å². The molecule has 0 radical (unpaired) electrons. The molecular formula is C24H27FN4O4. The van der Waals surface area contributed by atoms with Gasteiger partial charge in [0.1, 0.15) is 11.9 Å². The first-order chi connectivity index (χ1) is 15.6. The van der Waals surface area contributed by atoms with Crippen LogP contribution in [0.15, 0.2) is 42.5 Å². The highest BCUT2D eigenvalue weighted by Gasteiger charge is 2.36. The molecule has 33 heavy (non-hydrogen) atoms. The first kappa shape index (κ1) is 22.7. The Kier molecular flexibility index (Phi) is 6.07. The van der Waals surface area contributed by atoms with E-state index in [1.54, 1.807) is 12.1 Å². The van der Waals surface area contributed by atoms with Gasteiger partial charge in [-0.05, 0) is 43.2 Å². The molecular weight excluding hydrogens is 427 g/mol. The van der Waals surface area contributed by atoms with Gasteiger partial charge in [0, 0.05) is 19.0 Å². The van der Waals surface area contributed by atoms with E-state index in [1.807, 2.05) is 43.0 Å². The molecule has 4 rings (SSSR count). The van der Waals surface area contributed by atoms with Crippen LogP contribution in [-0.2, 0) is 20.9 Å². The molecule has 9 heteroatoms. The smallest absolute Gasteiger partial charge is 0.414 e. The fraction of sp³-hybridized carbons (Fsp3) is 0.375. The van der Waals surface area contributed by atoms with Crippen LogP contribution in [0.25, 0.3) is 11.1 Å². The third kappa shape index (κ3) is 4.98. The van der Waals surface area contributed by atoms with Crippen molar-refractivity contribution >= 4 is 23.6 Å². The summed E-state index contributed by atoms with van der Waals surface area (Å²) in [4.78, 5) is 38.4. The predicted molar refractivity (Wildman–Crippen MR) is 121 cm³/mol. The van der Waals surface area contributed by atoms with Gasteiger partial charge in [-0.3, -0.25) is 19.4 Å². The van der Waals surface area contributed by atoms with Crippen molar-refractivity contribution in [2.75, 3.05) is 24.5 Å². The average molecular weight is 455 g/mol. The van der Waals surface area contributed by atoms with Crippen molar-refractivity contribution < 1.29 is 23.5 Å². The van der Waals surface area contributed by atoms with E-state index in [0.717, 1.165) is 5.56 Å². The Balaban J connectivity index is 1.44. The second-order valence-electron chi connectivity index (χ2n) is 8.88. The number of carbonyl (C=O) groups excluding carboxylic acids is 3. The van der Waals surface area contributed by atoms with Gasteiger partial charge in [0.25, 0.3) is 0 Å². The lowest BCUT2D eigenvalue weighted by Crippen LogP contribution is -2.45. The summed E-state index contributed by atoms with van der Waals surface area (Å²) in [6.45, 7) is 6.70. The van der Waals surface area contributed by atoms with Crippen LogP contribution >= 0.6 is 0 Å². The monoisotopic (exact) mass is 454 g/mol. The van der Waals surface area contributed by atoms with Crippen LogP contribution in [0.5, 0.6) is 0 Å². The highest BCUT2D eigenvalue weighted by Crippen LogP contribution is 2.30. The quantitative estimate of drug-likeness (QED) is 0.700. The van der Waals surface area contributed by atoms with Crippen molar-refractivity contribution in [2.24, 2.45) is 0 Å². The fourth-order valence-corrected chi connectivity index (χ4v) is 4.10. The van der Waals surface area contributed by atoms with Gasteiger partial charge in [-0.25, -0.2) is 9.18 Å². The number of ether oxygens (including phenoxy) is 1. The molecule has 2 aromatic rings. The van der Waals surface area contributed by atoms with Gasteiger partial charge >= 0.3 is 6.09 Å². The summed E-state index contributed by atoms with van der Waals surface area (Å²) in [5, 5.41) is 5.55. The summed E-state index contributed by atoms with van der Waals surface area (Å²) in [6, 6.07) is 12.2. The van der Waals surface area contributed by atoms with E-state index in [4.69, 9.17) is 4.74 Å². The number of rotatable bonds is 6. The minimum absolute atomic E-state index is 0.00195. The van der Waals surface area contributed by atoms with Gasteiger partial charge in [-0.15, -0.1) is 0 Å². The van der Waals surface area contributed by atoms with Crippen LogP contribution < -0.4 is 15.5 Å². The number of nitrogens with one attached hydrogen (secondary N) is 2. The number of carbonyl (C=O) groups is 3. The second kappa shape index (κ2) is 8.82. The highest BCUT2D eigenvalue weighted by molar-refractivity contribution is 5.90. The summed E-state index contributed by atoms with van der Waals surface area (Å²) in [5.41, 5.74) is 2.15. The Morgan fingerprint density at radius 1 is 1.21 bits per heavy atom. The summed E-state index contributed by atoms with van der Waals surface area (Å²) >= 11 is 0. The molecule has 0 bridgehead atoms. The van der Waals surface area contributed by atoms with Crippen LogP contribution in [0, 0.1) is 5.82 Å². The van der Waals surface area contributed by atoms with E-state index >= 15 is 0 Å². The summed E-state index contributed by atoms with van der Waals surface area (Å²) in [5.74, 6) is -0.656. The molecule has 2 aliphatic heterocycles. The standard InChI is InChI=1S/C24H27FN4O4/c1-15(30)26-11-19-13-29(23(32)33-19)18-8-9-20(21(25)10-18)17-6-4-16(5-7-17)12-28-14-22(31)27-24(28,2)3/h4-10,19H,11-14H2,1-3H3,(H,26,30)(H,27,31)/t19-/m0/s1. The number of amides is 3. The zero-order valence-corrected chi connectivity index (χ0v) is 18.9. The first-order valence-corrected chi connectivity index (χ1v) is 10.8. The van der Waals surface area contributed by atoms with E-state index in [0.29, 0.717) is 29.9 Å². The van der Waals surface area contributed by atoms with E-state index in [9.17, 15) is 18.8 Å². The lowest BCUT2D eigenvalue weighted by atomic mass is 10.0. The molecule has 2 aliphatic rings. The Morgan fingerprint density at radius 2 is 1.94 bits per heavy atom. The normalized spacial score (nSPS) is 20.0. The fourth-order valence-electron chi connectivity index (χ4n) is 4.10. The lowest BCUT2D eigenvalue weighted by Gasteiger charge is -2.30. The van der Waals surface area contributed by atoms with E-state index in [-0.39, 0.29) is 24.9 Å². The molecule has 2 saturated heterocycles. The molecule has 3 amide bonds. The van der Waals surface area contributed by atoms with Crippen LogP contribution in [0.3, 0.4) is 0 Å². The van der Waals surface area contributed by atoms with Crippen molar-refractivity contribution in [3.8, 4) is 11.1 Å². The summed E-state index contributed by atoms with van der Waals surface area (Å²) < 4.78 is 20.2. The zero-order valence-electron chi connectivity index (χ0n) is 18.9. The molecule has 0 spiro atoms. The van der Waals surface area contributed by atoms with Gasteiger partial charge in [0.15, 0.2) is 0 Å². The number of anilines is 1. The number of halogens is 1. The molecule has 0 unspecified atom stereocenters. The van der Waals surface area contributed by atoms with Gasteiger partial charge in [-0.1, -0.05) is 24.3 Å². The van der Waals surface area contributed by atoms with Crippen molar-refractivity contribution in [1.29, 1.82) is 0 Å². The molecule has 2 aromatic carbocycles.